The molecule has 0 aromatic heterocycles. The number of hydrogen-bond donors (Lipinski definition) is 0. The second-order valence-electron chi connectivity index (χ2n) is 4.43. The molecule has 0 bridgehead atoms. The van der Waals surface area contributed by atoms with E-state index in [1.165, 1.54) is 5.56 Å². The van der Waals surface area contributed by atoms with Crippen molar-refractivity contribution in [3.05, 3.63) is 35.9 Å². The first-order valence-corrected chi connectivity index (χ1v) is 5.64. The minimum Gasteiger partial charge on any atom is -0.413 e. The first kappa shape index (κ1) is 10.7. The Morgan fingerprint density at radius 3 is 2.53 bits per heavy atom. The fraction of sp³-hybridized carbons (Fsp3) is 0.500. The highest BCUT2D eigenvalue weighted by Gasteiger charge is 2.35. The molecule has 1 aliphatic heterocycles. The fourth-order valence-electron chi connectivity index (χ4n) is 2.18. The molecule has 0 saturated carbocycles. The van der Waals surface area contributed by atoms with E-state index in [9.17, 15) is 0 Å². The summed E-state index contributed by atoms with van der Waals surface area (Å²) >= 11 is 0. The summed E-state index contributed by atoms with van der Waals surface area (Å²) in [5, 5.41) is 0. The van der Waals surface area contributed by atoms with E-state index in [1.807, 2.05) is 6.07 Å². The highest BCUT2D eigenvalue weighted by Crippen LogP contribution is 2.27. The molecule has 1 atom stereocenters. The van der Waals surface area contributed by atoms with Crippen molar-refractivity contribution in [1.29, 1.82) is 0 Å². The number of rotatable bonds is 2. The molecule has 0 aliphatic carbocycles. The van der Waals surface area contributed by atoms with Gasteiger partial charge in [-0.25, -0.2) is 0 Å². The normalized spacial score (nSPS) is 22.7. The Morgan fingerprint density at radius 1 is 1.33 bits per heavy atom. The Kier molecular flexibility index (Phi) is 3.12. The van der Waals surface area contributed by atoms with Crippen LogP contribution < -0.4 is 0 Å². The number of nitrogens with zero attached hydrogens (tertiary/aromatic N) is 1. The third-order valence-corrected chi connectivity index (χ3v) is 3.04. The van der Waals surface area contributed by atoms with E-state index in [-0.39, 0.29) is 13.2 Å². The van der Waals surface area contributed by atoms with Crippen molar-refractivity contribution in [1.82, 2.24) is 4.81 Å². The lowest BCUT2D eigenvalue weighted by Crippen LogP contribution is -2.37. The lowest BCUT2D eigenvalue weighted by molar-refractivity contribution is 0.246. The van der Waals surface area contributed by atoms with Gasteiger partial charge < -0.3 is 9.47 Å². The van der Waals surface area contributed by atoms with Crippen LogP contribution in [0.3, 0.4) is 0 Å². The van der Waals surface area contributed by atoms with Gasteiger partial charge in [-0.1, -0.05) is 44.2 Å². The summed E-state index contributed by atoms with van der Waals surface area (Å²) in [5.41, 5.74) is 1.28. The van der Waals surface area contributed by atoms with Gasteiger partial charge in [0.25, 0.3) is 0 Å². The molecule has 0 N–H and O–H groups in total. The van der Waals surface area contributed by atoms with E-state index < -0.39 is 0 Å². The zero-order chi connectivity index (χ0) is 10.8. The van der Waals surface area contributed by atoms with E-state index in [1.54, 1.807) is 0 Å². The molecule has 0 unspecified atom stereocenters. The van der Waals surface area contributed by atoms with Crippen LogP contribution in [0.2, 0.25) is 6.82 Å². The second-order valence-corrected chi connectivity index (χ2v) is 4.43. The Hall–Kier alpha value is -0.795. The molecule has 0 radical (unpaired) electrons. The van der Waals surface area contributed by atoms with E-state index >= 15 is 0 Å². The summed E-state index contributed by atoms with van der Waals surface area (Å²) in [4.78, 5) is 2.39. The van der Waals surface area contributed by atoms with Crippen LogP contribution in [0.1, 0.15) is 25.5 Å². The van der Waals surface area contributed by atoms with Crippen molar-refractivity contribution in [3.63, 3.8) is 0 Å². The Labute approximate surface area is 92.4 Å². The fourth-order valence-corrected chi connectivity index (χ4v) is 2.18. The summed E-state index contributed by atoms with van der Waals surface area (Å²) < 4.78 is 5.95. The first-order chi connectivity index (χ1) is 7.18. The second kappa shape index (κ2) is 4.37. The van der Waals surface area contributed by atoms with Gasteiger partial charge in [0.2, 0.25) is 0 Å². The minimum atomic E-state index is 0.232. The predicted octanol–water partition coefficient (Wildman–Crippen LogP) is 2.59. The van der Waals surface area contributed by atoms with Crippen molar-refractivity contribution in [2.24, 2.45) is 0 Å². The SMILES string of the molecule is CB1O[C@@H](c2ccccc2)CN1C(C)C. The minimum absolute atomic E-state index is 0.232. The molecule has 1 aromatic rings. The monoisotopic (exact) mass is 203 g/mol. The predicted molar refractivity (Wildman–Crippen MR) is 63.7 cm³/mol. The Morgan fingerprint density at radius 2 is 2.00 bits per heavy atom. The van der Waals surface area contributed by atoms with Gasteiger partial charge in [-0.3, -0.25) is 0 Å². The maximum atomic E-state index is 5.95. The van der Waals surface area contributed by atoms with Crippen LogP contribution in [0.25, 0.3) is 0 Å². The molecule has 1 fully saturated rings. The van der Waals surface area contributed by atoms with E-state index in [4.69, 9.17) is 4.65 Å². The van der Waals surface area contributed by atoms with Gasteiger partial charge in [0.1, 0.15) is 0 Å². The molecule has 15 heavy (non-hydrogen) atoms. The molecule has 1 aliphatic rings. The molecule has 1 aromatic carbocycles. The molecule has 1 saturated heterocycles. The average Bonchev–Trinajstić information content (AvgIpc) is 2.62. The van der Waals surface area contributed by atoms with Gasteiger partial charge in [0, 0.05) is 6.54 Å². The molecule has 2 rings (SSSR count). The summed E-state index contributed by atoms with van der Waals surface area (Å²) in [6, 6.07) is 11.0. The zero-order valence-corrected chi connectivity index (χ0v) is 9.68. The lowest BCUT2D eigenvalue weighted by Gasteiger charge is -2.21. The summed E-state index contributed by atoms with van der Waals surface area (Å²) in [5.74, 6) is 0. The van der Waals surface area contributed by atoms with Crippen LogP contribution in [-0.2, 0) is 4.65 Å². The third-order valence-electron chi connectivity index (χ3n) is 3.04. The highest BCUT2D eigenvalue weighted by atomic mass is 16.5. The van der Waals surface area contributed by atoms with Gasteiger partial charge in [-0.05, 0) is 18.4 Å². The van der Waals surface area contributed by atoms with Gasteiger partial charge >= 0.3 is 7.05 Å². The molecular formula is C12H18BNO. The topological polar surface area (TPSA) is 12.5 Å². The zero-order valence-electron chi connectivity index (χ0n) is 9.68. The highest BCUT2D eigenvalue weighted by molar-refractivity contribution is 6.47. The molecule has 0 spiro atoms. The molecular weight excluding hydrogens is 185 g/mol. The average molecular weight is 203 g/mol. The molecule has 3 heteroatoms. The van der Waals surface area contributed by atoms with Crippen molar-refractivity contribution in [2.45, 2.75) is 32.8 Å². The van der Waals surface area contributed by atoms with Crippen LogP contribution in [0, 0.1) is 0 Å². The standard InChI is InChI=1S/C12H18BNO/c1-10(2)14-9-12(15-13(14)3)11-7-5-4-6-8-11/h4-8,10,12H,9H2,1-3H3/t12-/m1/s1. The van der Waals surface area contributed by atoms with Gasteiger partial charge in [0.15, 0.2) is 0 Å². The third kappa shape index (κ3) is 2.24. The van der Waals surface area contributed by atoms with Crippen LogP contribution >= 0.6 is 0 Å². The van der Waals surface area contributed by atoms with Crippen molar-refractivity contribution in [2.75, 3.05) is 6.54 Å². The first-order valence-electron chi connectivity index (χ1n) is 5.64. The maximum absolute atomic E-state index is 5.95. The van der Waals surface area contributed by atoms with Crippen LogP contribution in [0.4, 0.5) is 0 Å². The summed E-state index contributed by atoms with van der Waals surface area (Å²) in [6.45, 7) is 7.56. The van der Waals surface area contributed by atoms with Gasteiger partial charge in [-0.15, -0.1) is 0 Å². The van der Waals surface area contributed by atoms with E-state index in [0.717, 1.165) is 6.54 Å². The van der Waals surface area contributed by atoms with E-state index in [2.05, 4.69) is 49.7 Å². The van der Waals surface area contributed by atoms with Crippen molar-refractivity contribution in [3.8, 4) is 0 Å². The quantitative estimate of drug-likeness (QED) is 0.685. The maximum Gasteiger partial charge on any atom is 0.379 e. The summed E-state index contributed by atoms with van der Waals surface area (Å²) in [6.07, 6.45) is 0.239. The van der Waals surface area contributed by atoms with Crippen LogP contribution in [0.15, 0.2) is 30.3 Å². The molecule has 1 heterocycles. The molecule has 80 valence electrons. The molecule has 0 amide bonds. The largest absolute Gasteiger partial charge is 0.413 e. The van der Waals surface area contributed by atoms with Gasteiger partial charge in [-0.2, -0.15) is 0 Å². The smallest absolute Gasteiger partial charge is 0.379 e. The van der Waals surface area contributed by atoms with Crippen molar-refractivity contribution < 1.29 is 4.65 Å². The van der Waals surface area contributed by atoms with Crippen molar-refractivity contribution >= 4 is 7.05 Å². The van der Waals surface area contributed by atoms with Crippen LogP contribution in [0.5, 0.6) is 0 Å². The van der Waals surface area contributed by atoms with E-state index in [0.29, 0.717) is 6.04 Å². The Balaban J connectivity index is 2.09. The summed E-state index contributed by atoms with van der Waals surface area (Å²) in [7, 11) is 0.232. The van der Waals surface area contributed by atoms with Crippen LogP contribution in [-0.4, -0.2) is 24.4 Å². The molecule has 2 nitrogen and oxygen atoms in total. The lowest BCUT2D eigenvalue weighted by atomic mass is 9.84. The Bertz CT molecular complexity index is 315. The number of benzene rings is 1. The number of hydrogen-bond acceptors (Lipinski definition) is 2. The van der Waals surface area contributed by atoms with Gasteiger partial charge in [0.05, 0.1) is 6.10 Å².